The van der Waals surface area contributed by atoms with Crippen molar-refractivity contribution in [1.82, 2.24) is 0 Å². The van der Waals surface area contributed by atoms with Gasteiger partial charge in [-0.1, -0.05) is 36.9 Å². The predicted octanol–water partition coefficient (Wildman–Crippen LogP) is 7.07. The van der Waals surface area contributed by atoms with Gasteiger partial charge in [0.15, 0.2) is 0 Å². The van der Waals surface area contributed by atoms with Gasteiger partial charge in [-0.3, -0.25) is 4.79 Å². The Morgan fingerprint density at radius 2 is 1.56 bits per heavy atom. The second-order valence-corrected chi connectivity index (χ2v) is 8.97. The minimum atomic E-state index is -0.806. The maximum atomic E-state index is 11.3. The Balaban J connectivity index is 4.44. The van der Waals surface area contributed by atoms with E-state index in [0.717, 1.165) is 38.5 Å². The predicted molar refractivity (Wildman–Crippen MR) is 112 cm³/mol. The third-order valence-corrected chi connectivity index (χ3v) is 6.76. The molecule has 0 aliphatic heterocycles. The van der Waals surface area contributed by atoms with E-state index >= 15 is 0 Å². The lowest BCUT2D eigenvalue weighted by atomic mass is 10.0. The lowest BCUT2D eigenvalue weighted by molar-refractivity contribution is -0.146. The van der Waals surface area contributed by atoms with Gasteiger partial charge in [0.25, 0.3) is 0 Å². The van der Waals surface area contributed by atoms with Crippen LogP contribution in [0.15, 0.2) is 11.6 Å². The smallest absolute Gasteiger partial charge is 0.303 e. The highest BCUT2D eigenvalue weighted by Gasteiger charge is 2.39. The molecule has 0 fully saturated rings. The summed E-state index contributed by atoms with van der Waals surface area (Å²) in [6, 6.07) is 0. The lowest BCUT2D eigenvalue weighted by Gasteiger charge is -2.31. The number of hydrogen-bond acceptors (Lipinski definition) is 2. The fourth-order valence-corrected chi connectivity index (χ4v) is 3.91. The fourth-order valence-electron chi connectivity index (χ4n) is 2.32. The van der Waals surface area contributed by atoms with E-state index in [4.69, 9.17) is 74.3 Å². The molecule has 0 aromatic heterocycles. The van der Waals surface area contributed by atoms with Crippen LogP contribution >= 0.6 is 69.6 Å². The molecule has 148 valence electrons. The molecule has 6 atom stereocenters. The van der Waals surface area contributed by atoms with Gasteiger partial charge in [-0.2, -0.15) is 0 Å². The van der Waals surface area contributed by atoms with E-state index in [-0.39, 0.29) is 5.38 Å². The number of alkyl halides is 5. The molecule has 0 unspecified atom stereocenters. The molecule has 0 bridgehead atoms. The van der Waals surface area contributed by atoms with Crippen LogP contribution in [0.5, 0.6) is 0 Å². The summed E-state index contributed by atoms with van der Waals surface area (Å²) in [5.74, 6) is -0.486. The molecule has 0 aliphatic carbocycles. The quantitative estimate of drug-likeness (QED) is 0.162. The van der Waals surface area contributed by atoms with Crippen LogP contribution in [0.1, 0.15) is 52.4 Å². The molecular formula is C17H26Cl6O2. The number of halogens is 6. The second-order valence-electron chi connectivity index (χ2n) is 5.95. The molecule has 0 saturated heterocycles. The number of carbonyl (C=O) groups is 1. The monoisotopic (exact) mass is 472 g/mol. The minimum Gasteiger partial charge on any atom is -0.459 e. The highest BCUT2D eigenvalue weighted by molar-refractivity contribution is 6.36. The van der Waals surface area contributed by atoms with E-state index in [1.165, 1.54) is 6.92 Å². The minimum absolute atomic E-state index is 0.348. The van der Waals surface area contributed by atoms with Gasteiger partial charge in [-0.05, 0) is 26.2 Å². The number of allylic oxidation sites excluding steroid dienone is 1. The van der Waals surface area contributed by atoms with E-state index in [0.29, 0.717) is 0 Å². The van der Waals surface area contributed by atoms with Crippen molar-refractivity contribution in [3.05, 3.63) is 11.6 Å². The van der Waals surface area contributed by atoms with Crippen molar-refractivity contribution in [1.29, 1.82) is 0 Å². The largest absolute Gasteiger partial charge is 0.459 e. The van der Waals surface area contributed by atoms with Crippen LogP contribution in [0, 0.1) is 0 Å². The van der Waals surface area contributed by atoms with Gasteiger partial charge in [0.2, 0.25) is 0 Å². The van der Waals surface area contributed by atoms with Crippen molar-refractivity contribution in [2.75, 3.05) is 0 Å². The first kappa shape index (κ1) is 26.0. The van der Waals surface area contributed by atoms with E-state index < -0.39 is 33.6 Å². The molecule has 0 heterocycles. The van der Waals surface area contributed by atoms with Gasteiger partial charge in [-0.25, -0.2) is 0 Å². The van der Waals surface area contributed by atoms with Crippen molar-refractivity contribution in [2.24, 2.45) is 0 Å². The first-order valence-electron chi connectivity index (χ1n) is 8.35. The zero-order valence-corrected chi connectivity index (χ0v) is 19.0. The van der Waals surface area contributed by atoms with Gasteiger partial charge in [0, 0.05) is 12.5 Å². The molecule has 0 aromatic rings. The van der Waals surface area contributed by atoms with Gasteiger partial charge in [-0.15, -0.1) is 58.0 Å². The van der Waals surface area contributed by atoms with E-state index in [1.54, 1.807) is 12.5 Å². The Morgan fingerprint density at radius 3 is 2.08 bits per heavy atom. The summed E-state index contributed by atoms with van der Waals surface area (Å²) >= 11 is 37.0. The van der Waals surface area contributed by atoms with Crippen molar-refractivity contribution < 1.29 is 9.53 Å². The number of carbonyl (C=O) groups excluding carboxylic acids is 1. The van der Waals surface area contributed by atoms with Gasteiger partial charge in [0.1, 0.15) is 6.10 Å². The molecule has 0 aromatic carbocycles. The Labute approximate surface area is 181 Å². The number of esters is 1. The molecule has 0 spiro atoms. The normalized spacial score (nSPS) is 19.2. The standard InChI is InChI=1S/C17H26Cl6O2/c1-11(19)14(21)17(25-12(2)24)16(23)15(22)13(20)9-7-5-3-4-6-8-10-18/h8,10-11,13-17H,3-7,9H2,1-2H3/b10-8+/t11-,13-,14-,15+,16-,17-/m1/s1. The molecule has 0 aliphatic rings. The number of ether oxygens (including phenoxy) is 1. The summed E-state index contributed by atoms with van der Waals surface area (Å²) in [4.78, 5) is 11.3. The average molecular weight is 475 g/mol. The summed E-state index contributed by atoms with van der Waals surface area (Å²) in [5, 5.41) is -2.77. The number of hydrogen-bond donors (Lipinski definition) is 0. The van der Waals surface area contributed by atoms with Gasteiger partial charge in [0.05, 0.1) is 26.9 Å². The van der Waals surface area contributed by atoms with Crippen LogP contribution < -0.4 is 0 Å². The van der Waals surface area contributed by atoms with Crippen LogP contribution in [-0.4, -0.2) is 39.0 Å². The summed E-state index contributed by atoms with van der Waals surface area (Å²) < 4.78 is 5.24. The van der Waals surface area contributed by atoms with Crippen molar-refractivity contribution in [3.63, 3.8) is 0 Å². The molecule has 8 heteroatoms. The van der Waals surface area contributed by atoms with E-state index in [2.05, 4.69) is 0 Å². The van der Waals surface area contributed by atoms with Crippen molar-refractivity contribution >= 4 is 75.6 Å². The SMILES string of the molecule is CC(=O)O[C@@H]([C@H](Cl)[C@@H](Cl)[C@H](Cl)CCCCCC/C=C/Cl)[C@H](Cl)[C@@H](C)Cl. The molecule has 0 saturated carbocycles. The van der Waals surface area contributed by atoms with Crippen LogP contribution in [0.25, 0.3) is 0 Å². The lowest BCUT2D eigenvalue weighted by Crippen LogP contribution is -2.45. The summed E-state index contributed by atoms with van der Waals surface area (Å²) in [6.45, 7) is 3.00. The Hall–Kier alpha value is 0.950. The molecule has 2 nitrogen and oxygen atoms in total. The van der Waals surface area contributed by atoms with Crippen molar-refractivity contribution in [2.45, 2.75) is 85.4 Å². The first-order valence-corrected chi connectivity index (χ1v) is 11.0. The third-order valence-electron chi connectivity index (χ3n) is 3.71. The topological polar surface area (TPSA) is 26.3 Å². The molecule has 0 rings (SSSR count). The highest BCUT2D eigenvalue weighted by atomic mass is 35.5. The molecule has 25 heavy (non-hydrogen) atoms. The summed E-state index contributed by atoms with van der Waals surface area (Å²) in [7, 11) is 0. The second kappa shape index (κ2) is 14.9. The Morgan fingerprint density at radius 1 is 0.960 bits per heavy atom. The van der Waals surface area contributed by atoms with E-state index in [1.807, 2.05) is 6.08 Å². The zero-order chi connectivity index (χ0) is 19.4. The molecule has 0 amide bonds. The maximum absolute atomic E-state index is 11.3. The molecule has 0 N–H and O–H groups in total. The Kier molecular flexibility index (Phi) is 15.5. The average Bonchev–Trinajstić information content (AvgIpc) is 2.56. The fraction of sp³-hybridized carbons (Fsp3) is 0.824. The third kappa shape index (κ3) is 11.4. The first-order chi connectivity index (χ1) is 11.7. The summed E-state index contributed by atoms with van der Waals surface area (Å²) in [6.07, 6.45) is 7.03. The Bertz CT molecular complexity index is 391. The molecule has 0 radical (unpaired) electrons. The van der Waals surface area contributed by atoms with Gasteiger partial charge < -0.3 is 4.74 Å². The number of unbranched alkanes of at least 4 members (excludes halogenated alkanes) is 4. The van der Waals surface area contributed by atoms with Crippen molar-refractivity contribution in [3.8, 4) is 0 Å². The van der Waals surface area contributed by atoms with Crippen LogP contribution in [0.3, 0.4) is 0 Å². The van der Waals surface area contributed by atoms with Crippen LogP contribution in [-0.2, 0) is 9.53 Å². The highest BCUT2D eigenvalue weighted by Crippen LogP contribution is 2.31. The molecular weight excluding hydrogens is 449 g/mol. The van der Waals surface area contributed by atoms with E-state index in [9.17, 15) is 4.79 Å². The maximum Gasteiger partial charge on any atom is 0.303 e. The van der Waals surface area contributed by atoms with Gasteiger partial charge >= 0.3 is 5.97 Å². The van der Waals surface area contributed by atoms with Crippen LogP contribution in [0.4, 0.5) is 0 Å². The van der Waals surface area contributed by atoms with Crippen LogP contribution in [0.2, 0.25) is 0 Å². The number of rotatable bonds is 13. The summed E-state index contributed by atoms with van der Waals surface area (Å²) in [5.41, 5.74) is 1.54. The zero-order valence-electron chi connectivity index (χ0n) is 14.4.